The molecule has 100 valence electrons. The van der Waals surface area contributed by atoms with Crippen LogP contribution in [-0.4, -0.2) is 0 Å². The van der Waals surface area contributed by atoms with Gasteiger partial charge in [-0.3, -0.25) is 5.84 Å². The van der Waals surface area contributed by atoms with E-state index in [1.165, 1.54) is 12.1 Å². The molecule has 3 N–H and O–H groups in total. The van der Waals surface area contributed by atoms with Crippen LogP contribution in [-0.2, 0) is 0 Å². The van der Waals surface area contributed by atoms with Crippen LogP contribution in [0.1, 0.15) is 22.7 Å². The second kappa shape index (κ2) is 5.94. The van der Waals surface area contributed by atoms with E-state index >= 15 is 0 Å². The molecule has 0 heterocycles. The molecule has 2 aromatic rings. The molecule has 5 heteroatoms. The van der Waals surface area contributed by atoms with Crippen LogP contribution >= 0.6 is 22.6 Å². The summed E-state index contributed by atoms with van der Waals surface area (Å²) in [6.45, 7) is 1.98. The Balaban J connectivity index is 2.53. The van der Waals surface area contributed by atoms with Gasteiger partial charge in [-0.2, -0.15) is 0 Å². The summed E-state index contributed by atoms with van der Waals surface area (Å²) in [5.74, 6) is 4.33. The van der Waals surface area contributed by atoms with Crippen molar-refractivity contribution < 1.29 is 8.78 Å². The van der Waals surface area contributed by atoms with Gasteiger partial charge in [0.1, 0.15) is 11.6 Å². The fraction of sp³-hybridized carbons (Fsp3) is 0.143. The summed E-state index contributed by atoms with van der Waals surface area (Å²) in [6.07, 6.45) is 0. The number of hydrazine groups is 1. The molecule has 1 unspecified atom stereocenters. The minimum atomic E-state index is -0.613. The average molecular weight is 374 g/mol. The van der Waals surface area contributed by atoms with E-state index in [1.54, 1.807) is 0 Å². The molecule has 2 aromatic carbocycles. The average Bonchev–Trinajstić information content (AvgIpc) is 2.34. The Bertz CT molecular complexity index is 582. The number of aryl methyl sites for hydroxylation is 1. The summed E-state index contributed by atoms with van der Waals surface area (Å²) in [4.78, 5) is 0. The first-order valence-corrected chi connectivity index (χ1v) is 6.78. The fourth-order valence-corrected chi connectivity index (χ4v) is 2.67. The van der Waals surface area contributed by atoms with Crippen LogP contribution in [0.15, 0.2) is 36.4 Å². The lowest BCUT2D eigenvalue weighted by molar-refractivity contribution is 0.565. The van der Waals surface area contributed by atoms with E-state index < -0.39 is 17.7 Å². The van der Waals surface area contributed by atoms with Gasteiger partial charge in [0.2, 0.25) is 0 Å². The highest BCUT2D eigenvalue weighted by molar-refractivity contribution is 14.1. The molecule has 2 nitrogen and oxygen atoms in total. The fourth-order valence-electron chi connectivity index (χ4n) is 2.00. The zero-order valence-corrected chi connectivity index (χ0v) is 12.4. The van der Waals surface area contributed by atoms with E-state index in [2.05, 4.69) is 28.0 Å². The first-order chi connectivity index (χ1) is 9.02. The molecule has 0 aliphatic carbocycles. The number of nitrogens with one attached hydrogen (secondary N) is 1. The van der Waals surface area contributed by atoms with Crippen molar-refractivity contribution in [3.05, 3.63) is 68.3 Å². The standard InChI is InChI=1S/C14H13F2IN2/c1-8-3-2-4-12(13(8)17)14(19-18)9-5-10(15)7-11(16)6-9/h2-7,14,19H,18H2,1H3. The normalized spacial score (nSPS) is 12.5. The molecule has 0 aliphatic heterocycles. The topological polar surface area (TPSA) is 38.0 Å². The third-order valence-electron chi connectivity index (χ3n) is 2.92. The van der Waals surface area contributed by atoms with Gasteiger partial charge in [0.25, 0.3) is 0 Å². The van der Waals surface area contributed by atoms with Crippen LogP contribution in [0, 0.1) is 22.1 Å². The van der Waals surface area contributed by atoms with Gasteiger partial charge in [-0.1, -0.05) is 18.2 Å². The number of rotatable bonds is 3. The molecule has 1 atom stereocenters. The van der Waals surface area contributed by atoms with Gasteiger partial charge >= 0.3 is 0 Å². The SMILES string of the molecule is Cc1cccc(C(NN)c2cc(F)cc(F)c2)c1I. The van der Waals surface area contributed by atoms with Crippen molar-refractivity contribution in [2.75, 3.05) is 0 Å². The van der Waals surface area contributed by atoms with Crippen LogP contribution in [0.4, 0.5) is 8.78 Å². The largest absolute Gasteiger partial charge is 0.271 e. The molecule has 0 fully saturated rings. The maximum atomic E-state index is 13.3. The van der Waals surface area contributed by atoms with Crippen molar-refractivity contribution in [2.24, 2.45) is 5.84 Å². The van der Waals surface area contributed by atoms with E-state index in [0.717, 1.165) is 20.8 Å². The van der Waals surface area contributed by atoms with Crippen molar-refractivity contribution in [3.63, 3.8) is 0 Å². The predicted octanol–water partition coefficient (Wildman–Crippen LogP) is 3.43. The summed E-state index contributed by atoms with van der Waals surface area (Å²) >= 11 is 2.20. The quantitative estimate of drug-likeness (QED) is 0.491. The summed E-state index contributed by atoms with van der Waals surface area (Å²) < 4.78 is 27.6. The van der Waals surface area contributed by atoms with E-state index in [4.69, 9.17) is 5.84 Å². The Kier molecular flexibility index (Phi) is 4.49. The Hall–Kier alpha value is -1.05. The third-order valence-corrected chi connectivity index (χ3v) is 4.39. The smallest absolute Gasteiger partial charge is 0.126 e. The second-order valence-corrected chi connectivity index (χ2v) is 5.36. The van der Waals surface area contributed by atoms with Gasteiger partial charge in [0.15, 0.2) is 0 Å². The molecular weight excluding hydrogens is 361 g/mol. The Morgan fingerprint density at radius 3 is 2.37 bits per heavy atom. The maximum absolute atomic E-state index is 13.3. The zero-order valence-electron chi connectivity index (χ0n) is 10.3. The Morgan fingerprint density at radius 2 is 1.79 bits per heavy atom. The van der Waals surface area contributed by atoms with Crippen LogP contribution in [0.3, 0.4) is 0 Å². The van der Waals surface area contributed by atoms with Crippen LogP contribution in [0.2, 0.25) is 0 Å². The zero-order chi connectivity index (χ0) is 14.0. The molecule has 0 radical (unpaired) electrons. The molecule has 0 saturated carbocycles. The second-order valence-electron chi connectivity index (χ2n) is 4.28. The molecule has 0 amide bonds. The van der Waals surface area contributed by atoms with Gasteiger partial charge in [0, 0.05) is 9.64 Å². The Morgan fingerprint density at radius 1 is 1.16 bits per heavy atom. The molecule has 2 rings (SSSR count). The van der Waals surface area contributed by atoms with Crippen LogP contribution < -0.4 is 11.3 Å². The lowest BCUT2D eigenvalue weighted by atomic mass is 9.98. The van der Waals surface area contributed by atoms with Crippen molar-refractivity contribution >= 4 is 22.6 Å². The van der Waals surface area contributed by atoms with E-state index in [9.17, 15) is 8.78 Å². The first kappa shape index (κ1) is 14.4. The summed E-state index contributed by atoms with van der Waals surface area (Å²) in [5, 5.41) is 0. The third kappa shape index (κ3) is 3.10. The van der Waals surface area contributed by atoms with Gasteiger partial charge < -0.3 is 0 Å². The molecule has 19 heavy (non-hydrogen) atoms. The highest BCUT2D eigenvalue weighted by atomic mass is 127. The monoisotopic (exact) mass is 374 g/mol. The van der Waals surface area contributed by atoms with E-state index in [-0.39, 0.29) is 0 Å². The number of halogens is 3. The lowest BCUT2D eigenvalue weighted by Crippen LogP contribution is -2.29. The lowest BCUT2D eigenvalue weighted by Gasteiger charge is -2.19. The minimum absolute atomic E-state index is 0.447. The molecule has 0 aromatic heterocycles. The van der Waals surface area contributed by atoms with Gasteiger partial charge in [0.05, 0.1) is 6.04 Å². The molecule has 0 bridgehead atoms. The highest BCUT2D eigenvalue weighted by Gasteiger charge is 2.17. The van der Waals surface area contributed by atoms with Gasteiger partial charge in [-0.25, -0.2) is 14.2 Å². The van der Waals surface area contributed by atoms with Crippen LogP contribution in [0.5, 0.6) is 0 Å². The predicted molar refractivity (Wildman–Crippen MR) is 79.4 cm³/mol. The summed E-state index contributed by atoms with van der Waals surface area (Å²) in [7, 11) is 0. The number of hydrogen-bond donors (Lipinski definition) is 2. The summed E-state index contributed by atoms with van der Waals surface area (Å²) in [6, 6.07) is 8.73. The van der Waals surface area contributed by atoms with Crippen molar-refractivity contribution in [2.45, 2.75) is 13.0 Å². The number of nitrogens with two attached hydrogens (primary N) is 1. The van der Waals surface area contributed by atoms with Gasteiger partial charge in [-0.05, 0) is 58.3 Å². The highest BCUT2D eigenvalue weighted by Crippen LogP contribution is 2.28. The number of hydrogen-bond acceptors (Lipinski definition) is 2. The first-order valence-electron chi connectivity index (χ1n) is 5.70. The van der Waals surface area contributed by atoms with E-state index in [0.29, 0.717) is 5.56 Å². The maximum Gasteiger partial charge on any atom is 0.126 e. The van der Waals surface area contributed by atoms with Gasteiger partial charge in [-0.15, -0.1) is 0 Å². The van der Waals surface area contributed by atoms with Crippen LogP contribution in [0.25, 0.3) is 0 Å². The van der Waals surface area contributed by atoms with Crippen molar-refractivity contribution in [3.8, 4) is 0 Å². The molecule has 0 spiro atoms. The van der Waals surface area contributed by atoms with Crippen molar-refractivity contribution in [1.82, 2.24) is 5.43 Å². The van der Waals surface area contributed by atoms with E-state index in [1.807, 2.05) is 25.1 Å². The molecular formula is C14H13F2IN2. The minimum Gasteiger partial charge on any atom is -0.271 e. The summed E-state index contributed by atoms with van der Waals surface area (Å²) in [5.41, 5.74) is 5.07. The Labute approximate surface area is 124 Å². The van der Waals surface area contributed by atoms with Crippen molar-refractivity contribution in [1.29, 1.82) is 0 Å². The molecule has 0 saturated heterocycles. The molecule has 0 aliphatic rings. The number of benzene rings is 2.